The molecule has 29 heavy (non-hydrogen) atoms. The smallest absolute Gasteiger partial charge is 0.190 e. The summed E-state index contributed by atoms with van der Waals surface area (Å²) in [5.41, 5.74) is -4.21. The van der Waals surface area contributed by atoms with E-state index in [2.05, 4.69) is 0 Å². The van der Waals surface area contributed by atoms with Crippen molar-refractivity contribution in [2.24, 2.45) is 22.7 Å². The zero-order valence-electron chi connectivity index (χ0n) is 17.4. The summed E-state index contributed by atoms with van der Waals surface area (Å²) in [7, 11) is 0. The van der Waals surface area contributed by atoms with E-state index < -0.39 is 46.5 Å². The predicted molar refractivity (Wildman–Crippen MR) is 105 cm³/mol. The Morgan fingerprint density at radius 3 is 2.69 bits per heavy atom. The van der Waals surface area contributed by atoms with E-state index in [1.807, 2.05) is 13.8 Å². The number of alkyl halides is 1. The van der Waals surface area contributed by atoms with Crippen molar-refractivity contribution in [3.05, 3.63) is 23.8 Å². The van der Waals surface area contributed by atoms with Gasteiger partial charge in [-0.25, -0.2) is 4.39 Å². The number of ketones is 2. The summed E-state index contributed by atoms with van der Waals surface area (Å²) in [5, 5.41) is 20.9. The van der Waals surface area contributed by atoms with Gasteiger partial charge in [-0.1, -0.05) is 25.5 Å². The van der Waals surface area contributed by atoms with Crippen LogP contribution >= 0.6 is 0 Å². The normalized spacial score (nSPS) is 49.0. The van der Waals surface area contributed by atoms with Crippen molar-refractivity contribution in [3.8, 4) is 0 Å². The van der Waals surface area contributed by atoms with Crippen molar-refractivity contribution in [1.82, 2.24) is 0 Å². The summed E-state index contributed by atoms with van der Waals surface area (Å²) < 4.78 is 23.0. The highest BCUT2D eigenvalue weighted by Gasteiger charge is 2.73. The number of aliphatic hydroxyl groups is 2. The SMILES string of the molecule is CC[C@@]1(C(=O)CO)OCCC2C3CCC4=CC(=O)C=CC4(C)[C@@]3(F)C(O)CC21C. The number of aliphatic hydroxyl groups excluding tert-OH is 2. The molecule has 3 fully saturated rings. The van der Waals surface area contributed by atoms with E-state index in [0.717, 1.165) is 5.57 Å². The number of rotatable bonds is 3. The van der Waals surface area contributed by atoms with E-state index >= 15 is 4.39 Å². The van der Waals surface area contributed by atoms with Crippen LogP contribution in [0.15, 0.2) is 23.8 Å². The third-order valence-electron chi connectivity index (χ3n) is 8.82. The van der Waals surface area contributed by atoms with Gasteiger partial charge in [-0.05, 0) is 57.1 Å². The Hall–Kier alpha value is -1.37. The summed E-state index contributed by atoms with van der Waals surface area (Å²) in [5.74, 6) is -1.15. The van der Waals surface area contributed by atoms with Gasteiger partial charge < -0.3 is 14.9 Å². The number of carbonyl (C=O) groups excluding carboxylic acids is 2. The minimum absolute atomic E-state index is 0.0783. The second-order valence-electron chi connectivity index (χ2n) is 9.66. The summed E-state index contributed by atoms with van der Waals surface area (Å²) in [6.45, 7) is 5.25. The van der Waals surface area contributed by atoms with Crippen molar-refractivity contribution in [2.75, 3.05) is 13.2 Å². The molecule has 0 amide bonds. The maximum atomic E-state index is 17.0. The maximum absolute atomic E-state index is 17.0. The quantitative estimate of drug-likeness (QED) is 0.753. The van der Waals surface area contributed by atoms with E-state index in [4.69, 9.17) is 4.74 Å². The molecule has 2 N–H and O–H groups in total. The van der Waals surface area contributed by atoms with Gasteiger partial charge in [-0.15, -0.1) is 0 Å². The van der Waals surface area contributed by atoms with Gasteiger partial charge in [0.25, 0.3) is 0 Å². The van der Waals surface area contributed by atoms with Crippen LogP contribution in [0.1, 0.15) is 52.9 Å². The van der Waals surface area contributed by atoms with Gasteiger partial charge >= 0.3 is 0 Å². The highest BCUT2D eigenvalue weighted by Crippen LogP contribution is 2.68. The Kier molecular flexibility index (Phi) is 4.73. The molecule has 0 aromatic rings. The molecule has 0 spiro atoms. The summed E-state index contributed by atoms with van der Waals surface area (Å²) in [6, 6.07) is 0. The predicted octanol–water partition coefficient (Wildman–Crippen LogP) is 2.69. The van der Waals surface area contributed by atoms with Crippen LogP contribution in [0.25, 0.3) is 0 Å². The van der Waals surface area contributed by atoms with Gasteiger partial charge in [-0.3, -0.25) is 9.59 Å². The van der Waals surface area contributed by atoms with Gasteiger partial charge in [0, 0.05) is 23.4 Å². The lowest BCUT2D eigenvalue weighted by Crippen LogP contribution is -2.73. The molecular weight excluding hydrogens is 375 g/mol. The Balaban J connectivity index is 1.84. The second-order valence-corrected chi connectivity index (χ2v) is 9.66. The molecule has 160 valence electrons. The molecule has 5 nitrogen and oxygen atoms in total. The van der Waals surface area contributed by atoms with Crippen LogP contribution in [0.3, 0.4) is 0 Å². The first-order valence-electron chi connectivity index (χ1n) is 10.7. The van der Waals surface area contributed by atoms with Crippen molar-refractivity contribution < 1.29 is 28.9 Å². The molecule has 1 heterocycles. The molecular formula is C23H31FO5. The first kappa shape index (κ1) is 20.9. The fourth-order valence-electron chi connectivity index (χ4n) is 7.31. The molecule has 6 heteroatoms. The Morgan fingerprint density at radius 1 is 1.31 bits per heavy atom. The van der Waals surface area contributed by atoms with Crippen molar-refractivity contribution in [1.29, 1.82) is 0 Å². The highest BCUT2D eigenvalue weighted by molar-refractivity contribution is 6.01. The maximum Gasteiger partial charge on any atom is 0.190 e. The molecule has 5 unspecified atom stereocenters. The molecule has 4 aliphatic rings. The molecule has 3 aliphatic carbocycles. The van der Waals surface area contributed by atoms with Crippen molar-refractivity contribution >= 4 is 11.6 Å². The van der Waals surface area contributed by atoms with Crippen LogP contribution in [0, 0.1) is 22.7 Å². The van der Waals surface area contributed by atoms with Gasteiger partial charge in [0.15, 0.2) is 17.2 Å². The number of hydrogen-bond donors (Lipinski definition) is 2. The van der Waals surface area contributed by atoms with Gasteiger partial charge in [-0.2, -0.15) is 0 Å². The topological polar surface area (TPSA) is 83.8 Å². The minimum Gasteiger partial charge on any atom is -0.390 e. The lowest BCUT2D eigenvalue weighted by Gasteiger charge is -2.67. The van der Waals surface area contributed by atoms with E-state index in [1.54, 1.807) is 13.0 Å². The van der Waals surface area contributed by atoms with Crippen LogP contribution in [-0.4, -0.2) is 52.4 Å². The van der Waals surface area contributed by atoms with E-state index in [0.29, 0.717) is 32.3 Å². The molecule has 1 saturated heterocycles. The van der Waals surface area contributed by atoms with Crippen LogP contribution in [-0.2, 0) is 14.3 Å². The zero-order valence-corrected chi connectivity index (χ0v) is 17.4. The number of allylic oxidation sites excluding steroid dienone is 4. The fraction of sp³-hybridized carbons (Fsp3) is 0.739. The molecule has 7 atom stereocenters. The van der Waals surface area contributed by atoms with Crippen molar-refractivity contribution in [3.63, 3.8) is 0 Å². The first-order chi connectivity index (χ1) is 13.6. The van der Waals surface area contributed by atoms with E-state index in [1.165, 1.54) is 12.2 Å². The summed E-state index contributed by atoms with van der Waals surface area (Å²) in [6.07, 6.45) is 5.42. The van der Waals surface area contributed by atoms with Gasteiger partial charge in [0.05, 0.1) is 6.10 Å². The van der Waals surface area contributed by atoms with Gasteiger partial charge in [0.1, 0.15) is 12.2 Å². The number of ether oxygens (including phenoxy) is 1. The third kappa shape index (κ3) is 2.37. The lowest BCUT2D eigenvalue weighted by molar-refractivity contribution is -0.270. The number of fused-ring (bicyclic) bond motifs is 5. The Morgan fingerprint density at radius 2 is 2.03 bits per heavy atom. The molecule has 0 radical (unpaired) electrons. The van der Waals surface area contributed by atoms with Gasteiger partial charge in [0.2, 0.25) is 0 Å². The minimum atomic E-state index is -1.92. The first-order valence-corrected chi connectivity index (χ1v) is 10.7. The summed E-state index contributed by atoms with van der Waals surface area (Å²) in [4.78, 5) is 24.7. The largest absolute Gasteiger partial charge is 0.390 e. The Bertz CT molecular complexity index is 805. The molecule has 4 rings (SSSR count). The van der Waals surface area contributed by atoms with E-state index in [9.17, 15) is 19.8 Å². The number of carbonyl (C=O) groups is 2. The average molecular weight is 406 g/mol. The molecule has 0 aromatic carbocycles. The van der Waals surface area contributed by atoms with E-state index in [-0.39, 0.29) is 18.1 Å². The number of halogens is 1. The molecule has 1 aliphatic heterocycles. The monoisotopic (exact) mass is 406 g/mol. The fourth-order valence-corrected chi connectivity index (χ4v) is 7.31. The molecule has 0 bridgehead atoms. The van der Waals surface area contributed by atoms with Crippen molar-refractivity contribution in [2.45, 2.75) is 70.2 Å². The highest BCUT2D eigenvalue weighted by atomic mass is 19.1. The van der Waals surface area contributed by atoms with Crippen LogP contribution < -0.4 is 0 Å². The van der Waals surface area contributed by atoms with Crippen LogP contribution in [0.4, 0.5) is 4.39 Å². The zero-order chi connectivity index (χ0) is 21.2. The van der Waals surface area contributed by atoms with Crippen LogP contribution in [0.5, 0.6) is 0 Å². The standard InChI is InChI=1S/C23H31FO5/c1-4-22(19(28)13-25)21(3)12-18(27)23(24)17(16(21)8-10-29-22)6-5-14-11-15(26)7-9-20(14,23)2/h7,9,11,16-18,25,27H,4-6,8,10,12-13H2,1-3H3/t16?,17?,18?,20?,21?,22-,23-/m0/s1. The number of hydrogen-bond acceptors (Lipinski definition) is 5. The molecule has 0 aromatic heterocycles. The third-order valence-corrected chi connectivity index (χ3v) is 8.82. The van der Waals surface area contributed by atoms with Crippen LogP contribution in [0.2, 0.25) is 0 Å². The Labute approximate surface area is 171 Å². The average Bonchev–Trinajstić information content (AvgIpc) is 2.69. The second kappa shape index (κ2) is 6.56. The summed E-state index contributed by atoms with van der Waals surface area (Å²) >= 11 is 0. The number of Topliss-reactive ketones (excluding diaryl/α,β-unsaturated/α-hetero) is 1. The molecule has 2 saturated carbocycles. The lowest BCUT2D eigenvalue weighted by atomic mass is 9.41.